The van der Waals surface area contributed by atoms with Crippen LogP contribution >= 0.6 is 0 Å². The summed E-state index contributed by atoms with van der Waals surface area (Å²) in [5, 5.41) is 3.62. The van der Waals surface area contributed by atoms with Crippen molar-refractivity contribution in [2.75, 3.05) is 45.8 Å². The molecule has 0 aromatic rings. The first kappa shape index (κ1) is 17.9. The molecule has 1 aliphatic heterocycles. The molecule has 1 rings (SSSR count). The van der Waals surface area contributed by atoms with Gasteiger partial charge in [-0.3, -0.25) is 4.90 Å². The van der Waals surface area contributed by atoms with Gasteiger partial charge in [-0.15, -0.1) is 0 Å². The molecule has 0 saturated carbocycles. The predicted octanol–water partition coefficient (Wildman–Crippen LogP) is 2.67. The van der Waals surface area contributed by atoms with E-state index in [1.54, 1.807) is 0 Å². The Labute approximate surface area is 127 Å². The molecule has 1 saturated heterocycles. The summed E-state index contributed by atoms with van der Waals surface area (Å²) in [6.07, 6.45) is 1.34. The molecule has 20 heavy (non-hydrogen) atoms. The van der Waals surface area contributed by atoms with E-state index < -0.39 is 0 Å². The van der Waals surface area contributed by atoms with Crippen LogP contribution in [0.5, 0.6) is 0 Å². The molecule has 0 amide bonds. The molecule has 0 aliphatic carbocycles. The molecule has 0 aromatic heterocycles. The summed E-state index contributed by atoms with van der Waals surface area (Å²) in [5.41, 5.74) is 0.368. The van der Waals surface area contributed by atoms with Crippen LogP contribution in [-0.2, 0) is 0 Å². The van der Waals surface area contributed by atoms with Crippen LogP contribution < -0.4 is 5.32 Å². The van der Waals surface area contributed by atoms with Gasteiger partial charge in [-0.05, 0) is 43.9 Å². The van der Waals surface area contributed by atoms with E-state index in [0.29, 0.717) is 5.41 Å². The van der Waals surface area contributed by atoms with E-state index in [0.717, 1.165) is 25.0 Å². The highest BCUT2D eigenvalue weighted by atomic mass is 15.3. The number of likely N-dealkylation sites (N-methyl/N-ethyl adjacent to an activating group) is 1. The number of hydrogen-bond acceptors (Lipinski definition) is 3. The molecule has 1 heterocycles. The second-order valence-electron chi connectivity index (χ2n) is 7.59. The van der Waals surface area contributed by atoms with Crippen LogP contribution in [0.2, 0.25) is 0 Å². The van der Waals surface area contributed by atoms with Gasteiger partial charge >= 0.3 is 0 Å². The van der Waals surface area contributed by atoms with E-state index in [9.17, 15) is 0 Å². The molecule has 1 atom stereocenters. The molecule has 1 N–H and O–H groups in total. The minimum absolute atomic E-state index is 0.368. The largest absolute Gasteiger partial charge is 0.316 e. The van der Waals surface area contributed by atoms with Crippen molar-refractivity contribution in [1.29, 1.82) is 0 Å². The lowest BCUT2D eigenvalue weighted by Crippen LogP contribution is -2.42. The van der Waals surface area contributed by atoms with Crippen molar-refractivity contribution in [2.24, 2.45) is 11.3 Å². The second-order valence-corrected chi connectivity index (χ2v) is 7.59. The SMILES string of the molecule is CCN(CC)C1CCN(CC(C)(C)CNCC(C)C)C1. The quantitative estimate of drug-likeness (QED) is 0.702. The van der Waals surface area contributed by atoms with Crippen molar-refractivity contribution in [1.82, 2.24) is 15.1 Å². The molecule has 3 heteroatoms. The molecule has 1 unspecified atom stereocenters. The summed E-state index contributed by atoms with van der Waals surface area (Å²) in [5.74, 6) is 0.740. The van der Waals surface area contributed by atoms with Gasteiger partial charge in [0, 0.05) is 25.7 Å². The van der Waals surface area contributed by atoms with Crippen LogP contribution in [0.15, 0.2) is 0 Å². The van der Waals surface area contributed by atoms with Crippen molar-refractivity contribution in [3.8, 4) is 0 Å². The van der Waals surface area contributed by atoms with Crippen molar-refractivity contribution in [2.45, 2.75) is 54.0 Å². The molecule has 0 aromatic carbocycles. The van der Waals surface area contributed by atoms with E-state index in [2.05, 4.69) is 56.7 Å². The Morgan fingerprint density at radius 1 is 1.25 bits per heavy atom. The zero-order chi connectivity index (χ0) is 15.2. The van der Waals surface area contributed by atoms with Gasteiger partial charge in [0.25, 0.3) is 0 Å². The lowest BCUT2D eigenvalue weighted by Gasteiger charge is -2.32. The second kappa shape index (κ2) is 8.35. The Balaban J connectivity index is 2.33. The number of likely N-dealkylation sites (tertiary alicyclic amines) is 1. The first-order valence-corrected chi connectivity index (χ1v) is 8.55. The minimum atomic E-state index is 0.368. The van der Waals surface area contributed by atoms with E-state index >= 15 is 0 Å². The third-order valence-corrected chi connectivity index (χ3v) is 4.38. The summed E-state index contributed by atoms with van der Waals surface area (Å²) in [7, 11) is 0. The zero-order valence-corrected chi connectivity index (χ0v) is 14.7. The van der Waals surface area contributed by atoms with E-state index in [-0.39, 0.29) is 0 Å². The summed E-state index contributed by atoms with van der Waals surface area (Å²) < 4.78 is 0. The fraction of sp³-hybridized carbons (Fsp3) is 1.00. The highest BCUT2D eigenvalue weighted by Gasteiger charge is 2.30. The zero-order valence-electron chi connectivity index (χ0n) is 14.7. The lowest BCUT2D eigenvalue weighted by molar-refractivity contribution is 0.174. The normalized spacial score (nSPS) is 21.3. The van der Waals surface area contributed by atoms with Gasteiger partial charge in [0.2, 0.25) is 0 Å². The van der Waals surface area contributed by atoms with Crippen LogP contribution in [0.25, 0.3) is 0 Å². The van der Waals surface area contributed by atoms with Gasteiger partial charge in [-0.2, -0.15) is 0 Å². The topological polar surface area (TPSA) is 18.5 Å². The van der Waals surface area contributed by atoms with Crippen molar-refractivity contribution < 1.29 is 0 Å². The predicted molar refractivity (Wildman–Crippen MR) is 89.3 cm³/mol. The molecule has 3 nitrogen and oxygen atoms in total. The Morgan fingerprint density at radius 2 is 1.90 bits per heavy atom. The van der Waals surface area contributed by atoms with Crippen molar-refractivity contribution >= 4 is 0 Å². The lowest BCUT2D eigenvalue weighted by atomic mass is 9.92. The summed E-state index contributed by atoms with van der Waals surface area (Å²) >= 11 is 0. The maximum atomic E-state index is 3.62. The summed E-state index contributed by atoms with van der Waals surface area (Å²) in [4.78, 5) is 5.28. The minimum Gasteiger partial charge on any atom is -0.316 e. The standard InChI is InChI=1S/C17H37N3/c1-7-20(8-2)16-9-10-19(12-16)14-17(5,6)13-18-11-15(3)4/h15-16,18H,7-14H2,1-6H3. The molecule has 1 aliphatic rings. The number of rotatable bonds is 9. The fourth-order valence-electron chi connectivity index (χ4n) is 3.35. The monoisotopic (exact) mass is 283 g/mol. The Hall–Kier alpha value is -0.120. The Morgan fingerprint density at radius 3 is 2.45 bits per heavy atom. The van der Waals surface area contributed by atoms with Gasteiger partial charge in [0.15, 0.2) is 0 Å². The van der Waals surface area contributed by atoms with E-state index in [4.69, 9.17) is 0 Å². The molecule has 0 radical (unpaired) electrons. The van der Waals surface area contributed by atoms with Crippen LogP contribution in [0.3, 0.4) is 0 Å². The van der Waals surface area contributed by atoms with Crippen molar-refractivity contribution in [3.05, 3.63) is 0 Å². The third-order valence-electron chi connectivity index (χ3n) is 4.38. The molecule has 1 fully saturated rings. The van der Waals surface area contributed by atoms with Crippen LogP contribution in [0.4, 0.5) is 0 Å². The van der Waals surface area contributed by atoms with Gasteiger partial charge in [-0.25, -0.2) is 0 Å². The van der Waals surface area contributed by atoms with Gasteiger partial charge < -0.3 is 10.2 Å². The number of hydrogen-bond donors (Lipinski definition) is 1. The van der Waals surface area contributed by atoms with Crippen molar-refractivity contribution in [3.63, 3.8) is 0 Å². The van der Waals surface area contributed by atoms with Crippen LogP contribution in [0.1, 0.15) is 48.0 Å². The Kier molecular flexibility index (Phi) is 7.49. The first-order chi connectivity index (χ1) is 9.38. The summed E-state index contributed by atoms with van der Waals surface area (Å²) in [6, 6.07) is 0.782. The highest BCUT2D eigenvalue weighted by molar-refractivity contribution is 4.86. The number of nitrogens with one attached hydrogen (secondary N) is 1. The van der Waals surface area contributed by atoms with Gasteiger partial charge in [-0.1, -0.05) is 41.5 Å². The highest BCUT2D eigenvalue weighted by Crippen LogP contribution is 2.22. The average molecular weight is 284 g/mol. The van der Waals surface area contributed by atoms with Gasteiger partial charge in [0.1, 0.15) is 0 Å². The fourth-order valence-corrected chi connectivity index (χ4v) is 3.35. The van der Waals surface area contributed by atoms with E-state index in [1.807, 2.05) is 0 Å². The molecular weight excluding hydrogens is 246 g/mol. The first-order valence-electron chi connectivity index (χ1n) is 8.55. The Bertz CT molecular complexity index is 259. The molecular formula is C17H37N3. The smallest absolute Gasteiger partial charge is 0.0235 e. The molecule has 0 bridgehead atoms. The number of nitrogens with zero attached hydrogens (tertiary/aromatic N) is 2. The third kappa shape index (κ3) is 6.11. The maximum absolute atomic E-state index is 3.62. The van der Waals surface area contributed by atoms with E-state index in [1.165, 1.54) is 39.1 Å². The van der Waals surface area contributed by atoms with Crippen LogP contribution in [0, 0.1) is 11.3 Å². The average Bonchev–Trinajstić information content (AvgIpc) is 2.77. The molecule has 0 spiro atoms. The maximum Gasteiger partial charge on any atom is 0.0235 e. The molecule has 120 valence electrons. The summed E-state index contributed by atoms with van der Waals surface area (Å²) in [6.45, 7) is 22.3. The van der Waals surface area contributed by atoms with Gasteiger partial charge in [0.05, 0.1) is 0 Å². The van der Waals surface area contributed by atoms with Crippen LogP contribution in [-0.4, -0.2) is 61.7 Å².